The second-order valence-corrected chi connectivity index (χ2v) is 6.80. The summed E-state index contributed by atoms with van der Waals surface area (Å²) in [6.07, 6.45) is 8.22. The van der Waals surface area contributed by atoms with Crippen LogP contribution in [0.15, 0.2) is 0 Å². The average molecular weight is 239 g/mol. The maximum absolute atomic E-state index is 3.83. The van der Waals surface area contributed by atoms with Crippen molar-refractivity contribution in [3.63, 3.8) is 0 Å². The van der Waals surface area contributed by atoms with Crippen LogP contribution in [0.5, 0.6) is 0 Å². The van der Waals surface area contributed by atoms with Gasteiger partial charge in [-0.15, -0.1) is 0 Å². The van der Waals surface area contributed by atoms with Gasteiger partial charge >= 0.3 is 0 Å². The highest BCUT2D eigenvalue weighted by Crippen LogP contribution is 2.45. The first-order valence-electron chi connectivity index (χ1n) is 7.74. The fourth-order valence-electron chi connectivity index (χ4n) is 3.42. The van der Waals surface area contributed by atoms with Gasteiger partial charge in [0.2, 0.25) is 0 Å². The highest BCUT2D eigenvalue weighted by atomic mass is 14.9. The van der Waals surface area contributed by atoms with Crippen LogP contribution in [0.1, 0.15) is 73.1 Å². The van der Waals surface area contributed by atoms with Crippen molar-refractivity contribution in [1.82, 2.24) is 5.32 Å². The van der Waals surface area contributed by atoms with Crippen LogP contribution < -0.4 is 5.32 Å². The first-order chi connectivity index (χ1) is 8.01. The molecule has 0 aromatic carbocycles. The molecule has 0 spiro atoms. The van der Waals surface area contributed by atoms with E-state index in [1.54, 1.807) is 0 Å². The Morgan fingerprint density at radius 1 is 1.29 bits per heavy atom. The SMILES string of the molecule is CCCNC(CC(C)CC)C1CCCC1(C)C. The molecule has 17 heavy (non-hydrogen) atoms. The number of hydrogen-bond donors (Lipinski definition) is 1. The van der Waals surface area contributed by atoms with E-state index >= 15 is 0 Å². The molecule has 0 aliphatic heterocycles. The van der Waals surface area contributed by atoms with Crippen molar-refractivity contribution < 1.29 is 0 Å². The molecule has 3 atom stereocenters. The monoisotopic (exact) mass is 239 g/mol. The van der Waals surface area contributed by atoms with Gasteiger partial charge in [-0.2, -0.15) is 0 Å². The molecule has 102 valence electrons. The van der Waals surface area contributed by atoms with Crippen LogP contribution in [0, 0.1) is 17.3 Å². The van der Waals surface area contributed by atoms with Crippen molar-refractivity contribution in [3.05, 3.63) is 0 Å². The molecule has 0 amide bonds. The molecule has 1 aliphatic carbocycles. The lowest BCUT2D eigenvalue weighted by molar-refractivity contribution is 0.176. The normalized spacial score (nSPS) is 27.0. The molecule has 1 aliphatic rings. The highest BCUT2D eigenvalue weighted by Gasteiger charge is 2.39. The van der Waals surface area contributed by atoms with Gasteiger partial charge in [0.15, 0.2) is 0 Å². The van der Waals surface area contributed by atoms with Crippen LogP contribution in [0.25, 0.3) is 0 Å². The molecular formula is C16H33N. The van der Waals surface area contributed by atoms with Gasteiger partial charge in [0.25, 0.3) is 0 Å². The van der Waals surface area contributed by atoms with E-state index in [9.17, 15) is 0 Å². The summed E-state index contributed by atoms with van der Waals surface area (Å²) in [4.78, 5) is 0. The van der Waals surface area contributed by atoms with Gasteiger partial charge < -0.3 is 5.32 Å². The van der Waals surface area contributed by atoms with E-state index in [0.717, 1.165) is 17.9 Å². The third-order valence-electron chi connectivity index (χ3n) is 4.84. The molecule has 1 nitrogen and oxygen atoms in total. The van der Waals surface area contributed by atoms with Gasteiger partial charge in [-0.1, -0.05) is 47.5 Å². The topological polar surface area (TPSA) is 12.0 Å². The van der Waals surface area contributed by atoms with Crippen LogP contribution in [-0.2, 0) is 0 Å². The summed E-state index contributed by atoms with van der Waals surface area (Å²) in [6.45, 7) is 13.1. The fraction of sp³-hybridized carbons (Fsp3) is 1.00. The first-order valence-corrected chi connectivity index (χ1v) is 7.74. The van der Waals surface area contributed by atoms with Crippen molar-refractivity contribution in [2.45, 2.75) is 79.2 Å². The molecule has 0 bridgehead atoms. The van der Waals surface area contributed by atoms with Gasteiger partial charge in [0.1, 0.15) is 0 Å². The Hall–Kier alpha value is -0.0400. The molecule has 0 aromatic rings. The zero-order valence-corrected chi connectivity index (χ0v) is 12.7. The van der Waals surface area contributed by atoms with Crippen molar-refractivity contribution in [2.75, 3.05) is 6.54 Å². The third kappa shape index (κ3) is 4.28. The number of rotatable bonds is 7. The minimum Gasteiger partial charge on any atom is -0.314 e. The summed E-state index contributed by atoms with van der Waals surface area (Å²) in [7, 11) is 0. The smallest absolute Gasteiger partial charge is 0.0103 e. The lowest BCUT2D eigenvalue weighted by Gasteiger charge is -2.36. The maximum atomic E-state index is 3.83. The van der Waals surface area contributed by atoms with Gasteiger partial charge in [0.05, 0.1) is 0 Å². The van der Waals surface area contributed by atoms with Crippen LogP contribution in [-0.4, -0.2) is 12.6 Å². The van der Waals surface area contributed by atoms with Gasteiger partial charge in [-0.25, -0.2) is 0 Å². The van der Waals surface area contributed by atoms with E-state index in [1.807, 2.05) is 0 Å². The Balaban J connectivity index is 2.61. The van der Waals surface area contributed by atoms with Crippen LogP contribution >= 0.6 is 0 Å². The van der Waals surface area contributed by atoms with Crippen LogP contribution in [0.2, 0.25) is 0 Å². The molecule has 0 heterocycles. The predicted molar refractivity (Wildman–Crippen MR) is 77.3 cm³/mol. The molecule has 1 rings (SSSR count). The van der Waals surface area contributed by atoms with E-state index < -0.39 is 0 Å². The van der Waals surface area contributed by atoms with E-state index in [2.05, 4.69) is 39.9 Å². The van der Waals surface area contributed by atoms with E-state index in [4.69, 9.17) is 0 Å². The Morgan fingerprint density at radius 3 is 2.47 bits per heavy atom. The summed E-state index contributed by atoms with van der Waals surface area (Å²) < 4.78 is 0. The second kappa shape index (κ2) is 6.78. The second-order valence-electron chi connectivity index (χ2n) is 6.80. The Labute approximate surface area is 109 Å². The molecular weight excluding hydrogens is 206 g/mol. The Morgan fingerprint density at radius 2 is 2.00 bits per heavy atom. The standard InChI is InChI=1S/C16H33N/c1-6-11-17-15(12-13(3)7-2)14-9-8-10-16(14,4)5/h13-15,17H,6-12H2,1-5H3. The molecule has 0 saturated heterocycles. The van der Waals surface area contributed by atoms with Gasteiger partial charge in [-0.3, -0.25) is 0 Å². The summed E-state index contributed by atoms with van der Waals surface area (Å²) >= 11 is 0. The van der Waals surface area contributed by atoms with Crippen LogP contribution in [0.3, 0.4) is 0 Å². The predicted octanol–water partition coefficient (Wildman–Crippen LogP) is 4.62. The summed E-state index contributed by atoms with van der Waals surface area (Å²) in [6, 6.07) is 0.752. The quantitative estimate of drug-likeness (QED) is 0.683. The lowest BCUT2D eigenvalue weighted by Crippen LogP contribution is -2.42. The third-order valence-corrected chi connectivity index (χ3v) is 4.84. The first kappa shape index (κ1) is 15.0. The summed E-state index contributed by atoms with van der Waals surface area (Å²) in [5, 5.41) is 3.83. The van der Waals surface area contributed by atoms with Crippen molar-refractivity contribution in [2.24, 2.45) is 17.3 Å². The fourth-order valence-corrected chi connectivity index (χ4v) is 3.42. The maximum Gasteiger partial charge on any atom is 0.0103 e. The molecule has 1 saturated carbocycles. The van der Waals surface area contributed by atoms with Crippen LogP contribution in [0.4, 0.5) is 0 Å². The molecule has 1 heteroatoms. The lowest BCUT2D eigenvalue weighted by atomic mass is 9.75. The van der Waals surface area contributed by atoms with E-state index in [1.165, 1.54) is 45.1 Å². The van der Waals surface area contributed by atoms with E-state index in [0.29, 0.717) is 5.41 Å². The Kier molecular flexibility index (Phi) is 5.99. The van der Waals surface area contributed by atoms with Gasteiger partial charge in [-0.05, 0) is 49.5 Å². The van der Waals surface area contributed by atoms with Gasteiger partial charge in [0, 0.05) is 6.04 Å². The van der Waals surface area contributed by atoms with Crippen molar-refractivity contribution in [3.8, 4) is 0 Å². The minimum atomic E-state index is 0.554. The number of nitrogens with one attached hydrogen (secondary N) is 1. The zero-order chi connectivity index (χ0) is 12.9. The highest BCUT2D eigenvalue weighted by molar-refractivity contribution is 4.92. The minimum absolute atomic E-state index is 0.554. The zero-order valence-electron chi connectivity index (χ0n) is 12.7. The van der Waals surface area contributed by atoms with Crippen molar-refractivity contribution in [1.29, 1.82) is 0 Å². The summed E-state index contributed by atoms with van der Waals surface area (Å²) in [5.41, 5.74) is 0.554. The molecule has 0 aromatic heterocycles. The molecule has 1 fully saturated rings. The number of hydrogen-bond acceptors (Lipinski definition) is 1. The average Bonchev–Trinajstić information content (AvgIpc) is 2.63. The van der Waals surface area contributed by atoms with Crippen molar-refractivity contribution >= 4 is 0 Å². The molecule has 3 unspecified atom stereocenters. The summed E-state index contributed by atoms with van der Waals surface area (Å²) in [5.74, 6) is 1.75. The Bertz CT molecular complexity index is 210. The molecule has 1 N–H and O–H groups in total. The molecule has 0 radical (unpaired) electrons. The van der Waals surface area contributed by atoms with E-state index in [-0.39, 0.29) is 0 Å². The largest absolute Gasteiger partial charge is 0.314 e.